The van der Waals surface area contributed by atoms with Crippen LogP contribution in [0.4, 0.5) is 22.0 Å². The second-order valence-corrected chi connectivity index (χ2v) is 43.3. The van der Waals surface area contributed by atoms with Gasteiger partial charge in [0.1, 0.15) is 51.6 Å². The van der Waals surface area contributed by atoms with Gasteiger partial charge in [-0.2, -0.15) is 15.3 Å². The summed E-state index contributed by atoms with van der Waals surface area (Å²) in [5.74, 6) is -2.89. The number of amides is 3. The average molecular weight is 1810 g/mol. The van der Waals surface area contributed by atoms with E-state index in [1.54, 1.807) is 36.4 Å². The molecule has 0 spiro atoms. The largest absolute Gasteiger partial charge is 0.393 e. The minimum atomic E-state index is -1.75. The number of rotatable bonds is 12. The summed E-state index contributed by atoms with van der Waals surface area (Å²) in [6.45, 7) is 16.8. The third-order valence-corrected chi connectivity index (χ3v) is 36.7. The number of nitrogens with zero attached hydrogens (tertiary/aromatic N) is 7. The predicted molar refractivity (Wildman–Crippen MR) is 494 cm³/mol. The van der Waals surface area contributed by atoms with Gasteiger partial charge in [0.15, 0.2) is 0 Å². The molecule has 694 valence electrons. The fourth-order valence-corrected chi connectivity index (χ4v) is 29.8. The second kappa shape index (κ2) is 32.0. The highest BCUT2D eigenvalue weighted by molar-refractivity contribution is 5.91. The molecule has 4 aromatic heterocycles. The molecule has 10 saturated carbocycles. The van der Waals surface area contributed by atoms with Gasteiger partial charge in [0.05, 0.1) is 94.9 Å². The van der Waals surface area contributed by atoms with E-state index in [0.29, 0.717) is 51.4 Å². The number of pyridine rings is 1. The highest BCUT2D eigenvalue weighted by Crippen LogP contribution is 2.72. The first-order valence-corrected chi connectivity index (χ1v) is 48.1. The molecule has 13 aliphatic rings. The van der Waals surface area contributed by atoms with Crippen LogP contribution in [0.1, 0.15) is 227 Å². The minimum Gasteiger partial charge on any atom is -0.393 e. The van der Waals surface area contributed by atoms with Crippen LogP contribution in [0.5, 0.6) is 0 Å². The molecule has 3 amide bonds. The Morgan fingerprint density at radius 2 is 0.789 bits per heavy atom. The molecule has 133 heavy (non-hydrogen) atoms. The number of hydrogen-bond acceptors (Lipinski definition) is 13. The second-order valence-electron chi connectivity index (χ2n) is 43.3. The molecular weight excluding hydrogens is 1690 g/mol. The number of allylic oxidation sites excluding steroid dienone is 3. The highest BCUT2D eigenvalue weighted by atomic mass is 19.1. The molecule has 0 saturated heterocycles. The number of aliphatic hydroxyl groups excluding tert-OH is 3. The SMILES string of the molecule is C[C@@H](NC(=O)[C@@]1(O)CCC2C3CCC4=Cc5c(cnn5-c5ccc(F)cc5)C[C@]4(C)C3[C@@H](O)C[C@@]21C)c1cccc2ccccc12.C[C@@H](NC(=O)[C@@]1(O)CCC2C3CCC4=Cc5c(cnn5-c5ccc(F)cc5)C[C@]4(C)C3[C@@H](O)C[C@@]21C)c1ccccc1.C[C@]12Cc3cnn(-c4ccc(F)cc4)c3C=C1CCC1C2[C@@H](O)C[C@@]2(C)C1CC[C@]2(O)C(=O)NC1(c2ncc(F)cc2F)CC1. The van der Waals surface area contributed by atoms with Gasteiger partial charge in [0, 0.05) is 22.3 Å². The maximum atomic E-state index is 14.7. The first kappa shape index (κ1) is 89.0. The molecule has 0 bridgehead atoms. The van der Waals surface area contributed by atoms with Crippen molar-refractivity contribution in [2.45, 2.75) is 237 Å². The van der Waals surface area contributed by atoms with Crippen molar-refractivity contribution in [3.63, 3.8) is 0 Å². The fourth-order valence-electron chi connectivity index (χ4n) is 29.8. The number of nitrogens with one attached hydrogen (secondary N) is 3. The van der Waals surface area contributed by atoms with Crippen LogP contribution in [0.2, 0.25) is 0 Å². The third kappa shape index (κ3) is 13.8. The number of hydrogen-bond donors (Lipinski definition) is 9. The van der Waals surface area contributed by atoms with Gasteiger partial charge in [0.25, 0.3) is 17.7 Å². The van der Waals surface area contributed by atoms with Gasteiger partial charge in [-0.1, -0.05) is 131 Å². The molecule has 19 nitrogen and oxygen atoms in total. The van der Waals surface area contributed by atoms with Crippen LogP contribution in [0, 0.1) is 115 Å². The maximum Gasteiger partial charge on any atom is 0.253 e. The summed E-state index contributed by atoms with van der Waals surface area (Å²) in [7, 11) is 0. The molecule has 13 aliphatic carbocycles. The number of benzene rings is 6. The van der Waals surface area contributed by atoms with Crippen molar-refractivity contribution < 1.29 is 67.0 Å². The van der Waals surface area contributed by atoms with E-state index in [1.165, 1.54) is 53.1 Å². The number of carbonyl (C=O) groups excluding carboxylic acids is 3. The van der Waals surface area contributed by atoms with E-state index in [9.17, 15) is 67.0 Å². The van der Waals surface area contributed by atoms with E-state index in [-0.39, 0.29) is 129 Å². The van der Waals surface area contributed by atoms with Gasteiger partial charge in [0.2, 0.25) is 0 Å². The highest BCUT2D eigenvalue weighted by Gasteiger charge is 2.73. The Bertz CT molecular complexity index is 6390. The van der Waals surface area contributed by atoms with Crippen LogP contribution in [-0.2, 0) is 39.2 Å². The average Bonchev–Trinajstić information content (AvgIpc) is 1.58. The van der Waals surface area contributed by atoms with E-state index < -0.39 is 74.4 Å². The Morgan fingerprint density at radius 3 is 1.18 bits per heavy atom. The molecule has 4 heterocycles. The molecule has 0 radical (unpaired) electrons. The lowest BCUT2D eigenvalue weighted by molar-refractivity contribution is -0.182. The van der Waals surface area contributed by atoms with Crippen molar-refractivity contribution >= 4 is 46.7 Å². The van der Waals surface area contributed by atoms with Crippen LogP contribution in [0.15, 0.2) is 193 Å². The number of carbonyl (C=O) groups is 3. The predicted octanol–water partition coefficient (Wildman–Crippen LogP) is 18.1. The molecule has 6 aromatic carbocycles. The Balaban J connectivity index is 0.000000120. The molecule has 9 N–H and O–H groups in total. The summed E-state index contributed by atoms with van der Waals surface area (Å²) in [4.78, 5) is 45.8. The molecule has 10 aromatic rings. The van der Waals surface area contributed by atoms with E-state index >= 15 is 0 Å². The van der Waals surface area contributed by atoms with Crippen LogP contribution in [-0.4, -0.2) is 118 Å². The monoisotopic (exact) mass is 1810 g/mol. The van der Waals surface area contributed by atoms with Gasteiger partial charge in [-0.05, 0) is 341 Å². The number of fused-ring (bicyclic) bond motifs is 19. The van der Waals surface area contributed by atoms with Gasteiger partial charge in [-0.3, -0.25) is 19.4 Å². The normalized spacial score (nSPS) is 35.1. The molecule has 24 heteroatoms. The van der Waals surface area contributed by atoms with E-state index in [0.717, 1.165) is 149 Å². The topological polar surface area (TPSA) is 275 Å². The summed E-state index contributed by atoms with van der Waals surface area (Å²) >= 11 is 0. The standard InChI is InChI=1S/C39H42FN3O3.C35H37F3N4O3.C35H40FN3O3/c1-23(29-10-6-8-24-7-4-5-9-30(24)29)42-36(45)39(46)18-17-32-31-16-11-26-19-33-25(22-41-43(33)28-14-12-27(40)13-15-28)20-37(26,2)35(31)34(44)21-38(32,39)3;1-32-15-19-17-40-42(23-6-4-21(36)5-7-23)27(19)13-20(32)3-8-24-25-9-10-35(45,33(25,2)16-28(43)29(24)32)31(44)41-34(11-12-34)30-26(38)14-22(37)18-39-30;1-21(22-7-5-4-6-8-22)38-32(41)35(42)16-15-28-27-14-9-24-17-29-23(20-37-39(29)26-12-10-25(36)11-13-26)18-33(24,2)31(27)30(40)19-34(28,35)3/h4-10,12-15,19,22-23,31-32,34-35,44,46H,11,16-18,20-21H2,1-3H3,(H,42,45);4-7,13-14,17-18,24-25,28-29,43,45H,3,8-12,15-16H2,1-2H3,(H,41,44);4-8,10-13,17,20-21,27-28,30-31,40,42H,9,14-16,18-19H2,1-3H3,(H,38,41)/t23-,31?,32?,34+,35?,37+,38+,39+;24?,25?,28-,29?,32-,33-,35-;21-,27?,28?,30+,31?,33+,34+,35+/m101/s1. The number of aromatic nitrogens is 7. The molecule has 9 unspecified atom stereocenters. The maximum absolute atomic E-state index is 14.7. The van der Waals surface area contributed by atoms with Gasteiger partial charge in [-0.25, -0.2) is 36.0 Å². The zero-order valence-electron chi connectivity index (χ0n) is 76.6. The van der Waals surface area contributed by atoms with Crippen molar-refractivity contribution in [3.05, 3.63) is 273 Å². The Labute approximate surface area is 771 Å². The Hall–Kier alpha value is -10.6. The van der Waals surface area contributed by atoms with Crippen molar-refractivity contribution in [1.82, 2.24) is 50.3 Å². The van der Waals surface area contributed by atoms with Crippen LogP contribution in [0.3, 0.4) is 0 Å². The smallest absolute Gasteiger partial charge is 0.253 e. The van der Waals surface area contributed by atoms with E-state index in [4.69, 9.17) is 0 Å². The van der Waals surface area contributed by atoms with E-state index in [1.807, 2.05) is 122 Å². The lowest BCUT2D eigenvalue weighted by Gasteiger charge is -2.60. The van der Waals surface area contributed by atoms with Gasteiger partial charge in [-0.15, -0.1) is 0 Å². The van der Waals surface area contributed by atoms with Crippen molar-refractivity contribution in [1.29, 1.82) is 0 Å². The summed E-state index contributed by atoms with van der Waals surface area (Å²) in [6, 6.07) is 43.4. The minimum absolute atomic E-state index is 0.0109. The molecule has 23 rings (SSSR count). The lowest BCUT2D eigenvalue weighted by atomic mass is 9.45. The zero-order valence-corrected chi connectivity index (χ0v) is 76.6. The number of halogens is 5. The Kier molecular flexibility index (Phi) is 21.4. The van der Waals surface area contributed by atoms with Crippen molar-refractivity contribution in [3.8, 4) is 17.1 Å². The quantitative estimate of drug-likeness (QED) is 0.0516. The first-order chi connectivity index (χ1) is 63.5. The van der Waals surface area contributed by atoms with Gasteiger partial charge < -0.3 is 46.6 Å². The van der Waals surface area contributed by atoms with Crippen molar-refractivity contribution in [2.75, 3.05) is 0 Å². The summed E-state index contributed by atoms with van der Waals surface area (Å²) in [5.41, 5.74) is 5.69. The van der Waals surface area contributed by atoms with Crippen LogP contribution in [0.25, 0.3) is 46.1 Å². The lowest BCUT2D eigenvalue weighted by Crippen LogP contribution is -2.64. The van der Waals surface area contributed by atoms with Crippen molar-refractivity contribution in [2.24, 2.45) is 85.8 Å². The molecule has 10 fully saturated rings. The molecule has 23 atom stereocenters. The summed E-state index contributed by atoms with van der Waals surface area (Å²) < 4.78 is 74.6. The Morgan fingerprint density at radius 1 is 0.421 bits per heavy atom. The van der Waals surface area contributed by atoms with Crippen LogP contribution >= 0.6 is 0 Å². The fraction of sp³-hybridized carbons (Fsp3) is 0.477. The number of aliphatic hydroxyl groups is 6. The first-order valence-electron chi connectivity index (χ1n) is 48.1. The molecular formula is C109H119F5N10O9. The summed E-state index contributed by atoms with van der Waals surface area (Å²) in [5, 5.41) is 97.9. The van der Waals surface area contributed by atoms with Gasteiger partial charge >= 0.3 is 0 Å². The van der Waals surface area contributed by atoms with Crippen LogP contribution < -0.4 is 16.0 Å². The van der Waals surface area contributed by atoms with E-state index in [2.05, 4.69) is 93.4 Å². The summed E-state index contributed by atoms with van der Waals surface area (Å²) in [6.07, 6.45) is 24.0. The third-order valence-electron chi connectivity index (χ3n) is 36.7. The zero-order chi connectivity index (χ0) is 93.0. The molecule has 0 aliphatic heterocycles.